The van der Waals surface area contributed by atoms with Gasteiger partial charge in [-0.15, -0.1) is 0 Å². The molecule has 0 fully saturated rings. The molecule has 0 atom stereocenters. The number of nitrogens with two attached hydrogens (primary N) is 1. The number of hydrogen-bond acceptors (Lipinski definition) is 5. The van der Waals surface area contributed by atoms with Gasteiger partial charge < -0.3 is 15.8 Å². The van der Waals surface area contributed by atoms with E-state index in [1.54, 1.807) is 6.20 Å². The Morgan fingerprint density at radius 2 is 2.25 bits per heavy atom. The summed E-state index contributed by atoms with van der Waals surface area (Å²) in [4.78, 5) is 7.84. The third-order valence-electron chi connectivity index (χ3n) is 2.12. The zero-order chi connectivity index (χ0) is 11.8. The fraction of sp³-hybridized carbons (Fsp3) is 0.636. The summed E-state index contributed by atoms with van der Waals surface area (Å²) < 4.78 is 5.46. The molecule has 0 aromatic carbocycles. The first kappa shape index (κ1) is 12.7. The Morgan fingerprint density at radius 3 is 2.94 bits per heavy atom. The summed E-state index contributed by atoms with van der Waals surface area (Å²) in [6.45, 7) is 6.54. The van der Waals surface area contributed by atoms with Crippen LogP contribution < -0.4 is 11.1 Å². The van der Waals surface area contributed by atoms with Gasteiger partial charge in [-0.05, 0) is 12.3 Å². The Balaban J connectivity index is 2.10. The molecule has 1 rings (SSSR count). The second-order valence-electron chi connectivity index (χ2n) is 4.05. The summed E-state index contributed by atoms with van der Waals surface area (Å²) >= 11 is 0. The zero-order valence-electron chi connectivity index (χ0n) is 9.94. The minimum Gasteiger partial charge on any atom is -0.394 e. The van der Waals surface area contributed by atoms with Crippen molar-refractivity contribution in [2.75, 3.05) is 30.8 Å². The second kappa shape index (κ2) is 7.00. The lowest BCUT2D eigenvalue weighted by Crippen LogP contribution is -2.12. The SMILES string of the molecule is CC(C)CCOCCNc1ncncc1N. The average molecular weight is 224 g/mol. The van der Waals surface area contributed by atoms with E-state index >= 15 is 0 Å². The lowest BCUT2D eigenvalue weighted by atomic mass is 10.1. The van der Waals surface area contributed by atoms with E-state index in [2.05, 4.69) is 29.1 Å². The number of nitrogens with zero attached hydrogens (tertiary/aromatic N) is 2. The summed E-state index contributed by atoms with van der Waals surface area (Å²) in [6, 6.07) is 0. The molecule has 0 amide bonds. The molecule has 0 aliphatic carbocycles. The Morgan fingerprint density at radius 1 is 1.44 bits per heavy atom. The van der Waals surface area contributed by atoms with Crippen LogP contribution in [0.3, 0.4) is 0 Å². The van der Waals surface area contributed by atoms with E-state index in [1.165, 1.54) is 6.33 Å². The lowest BCUT2D eigenvalue weighted by Gasteiger charge is -2.08. The van der Waals surface area contributed by atoms with Crippen LogP contribution in [0.1, 0.15) is 20.3 Å². The van der Waals surface area contributed by atoms with E-state index in [0.29, 0.717) is 30.6 Å². The predicted octanol–water partition coefficient (Wildman–Crippen LogP) is 1.53. The van der Waals surface area contributed by atoms with E-state index in [4.69, 9.17) is 10.5 Å². The minimum atomic E-state index is 0.560. The van der Waals surface area contributed by atoms with Crippen LogP contribution in [0.5, 0.6) is 0 Å². The van der Waals surface area contributed by atoms with Gasteiger partial charge in [0.05, 0.1) is 18.5 Å². The highest BCUT2D eigenvalue weighted by molar-refractivity contribution is 5.58. The van der Waals surface area contributed by atoms with Crippen LogP contribution >= 0.6 is 0 Å². The molecular weight excluding hydrogens is 204 g/mol. The van der Waals surface area contributed by atoms with E-state index in [9.17, 15) is 0 Å². The van der Waals surface area contributed by atoms with Crippen molar-refractivity contribution >= 4 is 11.5 Å². The number of nitrogen functional groups attached to an aromatic ring is 1. The first-order valence-corrected chi connectivity index (χ1v) is 5.57. The molecule has 90 valence electrons. The number of nitrogens with one attached hydrogen (secondary N) is 1. The van der Waals surface area contributed by atoms with Crippen molar-refractivity contribution in [3.63, 3.8) is 0 Å². The molecule has 0 radical (unpaired) electrons. The molecule has 1 aromatic rings. The highest BCUT2D eigenvalue weighted by Crippen LogP contribution is 2.10. The maximum absolute atomic E-state index is 5.67. The zero-order valence-corrected chi connectivity index (χ0v) is 9.94. The average Bonchev–Trinajstić information content (AvgIpc) is 2.25. The van der Waals surface area contributed by atoms with Crippen molar-refractivity contribution in [3.05, 3.63) is 12.5 Å². The molecule has 3 N–H and O–H groups in total. The number of ether oxygens (including phenoxy) is 1. The molecule has 5 nitrogen and oxygen atoms in total. The van der Waals surface area contributed by atoms with Gasteiger partial charge in [0, 0.05) is 13.2 Å². The van der Waals surface area contributed by atoms with Crippen molar-refractivity contribution in [1.82, 2.24) is 9.97 Å². The molecule has 16 heavy (non-hydrogen) atoms. The molecule has 5 heteroatoms. The number of rotatable bonds is 7. The van der Waals surface area contributed by atoms with Crippen LogP contribution in [0.15, 0.2) is 12.5 Å². The maximum atomic E-state index is 5.67. The molecule has 1 aromatic heterocycles. The van der Waals surface area contributed by atoms with Crippen LogP contribution in [0.25, 0.3) is 0 Å². The number of aromatic nitrogens is 2. The Hall–Kier alpha value is -1.36. The fourth-order valence-electron chi connectivity index (χ4n) is 1.15. The third kappa shape index (κ3) is 4.93. The van der Waals surface area contributed by atoms with Gasteiger partial charge in [-0.3, -0.25) is 0 Å². The molecule has 1 heterocycles. The second-order valence-corrected chi connectivity index (χ2v) is 4.05. The Labute approximate surface area is 96.4 Å². The topological polar surface area (TPSA) is 73.1 Å². The first-order chi connectivity index (χ1) is 7.70. The molecule has 0 bridgehead atoms. The van der Waals surface area contributed by atoms with Crippen LogP contribution in [-0.2, 0) is 4.74 Å². The van der Waals surface area contributed by atoms with Gasteiger partial charge >= 0.3 is 0 Å². The summed E-state index contributed by atoms with van der Waals surface area (Å²) in [5, 5.41) is 3.10. The summed E-state index contributed by atoms with van der Waals surface area (Å²) in [6.07, 6.45) is 4.14. The Bertz CT molecular complexity index is 304. The van der Waals surface area contributed by atoms with Gasteiger partial charge in [-0.25, -0.2) is 9.97 Å². The third-order valence-corrected chi connectivity index (χ3v) is 2.12. The van der Waals surface area contributed by atoms with Crippen LogP contribution in [0.4, 0.5) is 11.5 Å². The summed E-state index contributed by atoms with van der Waals surface area (Å²) in [5.41, 5.74) is 6.23. The molecule has 0 spiro atoms. The van der Waals surface area contributed by atoms with E-state index < -0.39 is 0 Å². The van der Waals surface area contributed by atoms with E-state index in [-0.39, 0.29) is 0 Å². The molecule has 0 aliphatic heterocycles. The van der Waals surface area contributed by atoms with Crippen LogP contribution in [-0.4, -0.2) is 29.7 Å². The van der Waals surface area contributed by atoms with E-state index in [0.717, 1.165) is 13.0 Å². The maximum Gasteiger partial charge on any atom is 0.152 e. The van der Waals surface area contributed by atoms with Crippen molar-refractivity contribution in [2.45, 2.75) is 20.3 Å². The van der Waals surface area contributed by atoms with Gasteiger partial charge in [0.2, 0.25) is 0 Å². The van der Waals surface area contributed by atoms with Crippen LogP contribution in [0, 0.1) is 5.92 Å². The molecular formula is C11H20N4O. The van der Waals surface area contributed by atoms with Gasteiger partial charge in [0.25, 0.3) is 0 Å². The lowest BCUT2D eigenvalue weighted by molar-refractivity contribution is 0.132. The first-order valence-electron chi connectivity index (χ1n) is 5.57. The van der Waals surface area contributed by atoms with E-state index in [1.807, 2.05) is 0 Å². The predicted molar refractivity (Wildman–Crippen MR) is 65.2 cm³/mol. The smallest absolute Gasteiger partial charge is 0.152 e. The quantitative estimate of drug-likeness (QED) is 0.687. The summed E-state index contributed by atoms with van der Waals surface area (Å²) in [5.74, 6) is 1.35. The van der Waals surface area contributed by atoms with Crippen LogP contribution in [0.2, 0.25) is 0 Å². The van der Waals surface area contributed by atoms with Gasteiger partial charge in [0.1, 0.15) is 6.33 Å². The van der Waals surface area contributed by atoms with Gasteiger partial charge in [0.15, 0.2) is 5.82 Å². The monoisotopic (exact) mass is 224 g/mol. The number of anilines is 2. The molecule has 0 saturated carbocycles. The highest BCUT2D eigenvalue weighted by Gasteiger charge is 1.98. The van der Waals surface area contributed by atoms with Crippen molar-refractivity contribution in [3.8, 4) is 0 Å². The fourth-order valence-corrected chi connectivity index (χ4v) is 1.15. The Kier molecular flexibility index (Phi) is 5.56. The highest BCUT2D eigenvalue weighted by atomic mass is 16.5. The summed E-state index contributed by atoms with van der Waals surface area (Å²) in [7, 11) is 0. The van der Waals surface area contributed by atoms with Gasteiger partial charge in [-0.2, -0.15) is 0 Å². The largest absolute Gasteiger partial charge is 0.394 e. The standard InChI is InChI=1S/C11H20N4O/c1-9(2)3-5-16-6-4-14-11-10(12)7-13-8-15-11/h7-9H,3-6,12H2,1-2H3,(H,13,14,15). The van der Waals surface area contributed by atoms with Crippen molar-refractivity contribution in [2.24, 2.45) is 5.92 Å². The molecule has 0 unspecified atom stereocenters. The van der Waals surface area contributed by atoms with Crippen molar-refractivity contribution < 1.29 is 4.74 Å². The van der Waals surface area contributed by atoms with Gasteiger partial charge in [-0.1, -0.05) is 13.8 Å². The molecule has 0 aliphatic rings. The number of hydrogen-bond donors (Lipinski definition) is 2. The van der Waals surface area contributed by atoms with Crippen molar-refractivity contribution in [1.29, 1.82) is 0 Å². The normalized spacial score (nSPS) is 10.7. The minimum absolute atomic E-state index is 0.560. The molecule has 0 saturated heterocycles.